The summed E-state index contributed by atoms with van der Waals surface area (Å²) >= 11 is 0. The third-order valence-corrected chi connectivity index (χ3v) is 3.09. The van der Waals surface area contributed by atoms with E-state index in [2.05, 4.69) is 32.2 Å². The van der Waals surface area contributed by atoms with Crippen molar-refractivity contribution in [2.45, 2.75) is 39.8 Å². The molecule has 114 valence electrons. The normalized spacial score (nSPS) is 14.1. The molecule has 0 heterocycles. The van der Waals surface area contributed by atoms with Crippen LogP contribution in [0.5, 0.6) is 5.75 Å². The lowest BCUT2D eigenvalue weighted by Crippen LogP contribution is -2.24. The van der Waals surface area contributed by atoms with Crippen LogP contribution in [0.15, 0.2) is 18.2 Å². The van der Waals surface area contributed by atoms with Gasteiger partial charge in [-0.25, -0.2) is 0 Å². The van der Waals surface area contributed by atoms with E-state index >= 15 is 0 Å². The summed E-state index contributed by atoms with van der Waals surface area (Å²) in [5.41, 5.74) is 2.32. The summed E-state index contributed by atoms with van der Waals surface area (Å²) in [4.78, 5) is 0. The summed E-state index contributed by atoms with van der Waals surface area (Å²) < 4.78 is 10.9. The minimum absolute atomic E-state index is 0.221. The molecule has 0 aliphatic carbocycles. The molecule has 0 amide bonds. The largest absolute Gasteiger partial charge is 0.490 e. The fourth-order valence-corrected chi connectivity index (χ4v) is 2.04. The number of hydrogen-bond donors (Lipinski definition) is 2. The van der Waals surface area contributed by atoms with E-state index in [0.717, 1.165) is 17.9 Å². The molecule has 4 nitrogen and oxygen atoms in total. The first-order chi connectivity index (χ1) is 9.58. The van der Waals surface area contributed by atoms with Crippen LogP contribution < -0.4 is 10.1 Å². The molecule has 20 heavy (non-hydrogen) atoms. The topological polar surface area (TPSA) is 50.7 Å². The highest BCUT2D eigenvalue weighted by molar-refractivity contribution is 5.39. The number of aliphatic hydroxyl groups excluding tert-OH is 1. The average Bonchev–Trinajstić information content (AvgIpc) is 2.43. The van der Waals surface area contributed by atoms with Gasteiger partial charge >= 0.3 is 0 Å². The Morgan fingerprint density at radius 3 is 2.65 bits per heavy atom. The molecule has 0 saturated heterocycles. The Morgan fingerprint density at radius 1 is 1.25 bits per heavy atom. The molecule has 2 N–H and O–H groups in total. The molecule has 0 aliphatic rings. The quantitative estimate of drug-likeness (QED) is 0.730. The van der Waals surface area contributed by atoms with E-state index in [1.807, 2.05) is 19.1 Å². The highest BCUT2D eigenvalue weighted by Crippen LogP contribution is 2.26. The summed E-state index contributed by atoms with van der Waals surface area (Å²) in [6.07, 6.45) is -0.599. The van der Waals surface area contributed by atoms with E-state index in [-0.39, 0.29) is 12.6 Å². The number of rotatable bonds is 9. The smallest absolute Gasteiger partial charge is 0.124 e. The van der Waals surface area contributed by atoms with E-state index in [1.165, 1.54) is 5.56 Å². The fourth-order valence-electron chi connectivity index (χ4n) is 2.04. The van der Waals surface area contributed by atoms with Crippen molar-refractivity contribution in [1.29, 1.82) is 0 Å². The average molecular weight is 281 g/mol. The van der Waals surface area contributed by atoms with Gasteiger partial charge in [-0.1, -0.05) is 24.6 Å². The lowest BCUT2D eigenvalue weighted by Gasteiger charge is -2.19. The molecular formula is C16H27NO3. The monoisotopic (exact) mass is 281 g/mol. The Bertz CT molecular complexity index is 395. The van der Waals surface area contributed by atoms with Crippen LogP contribution in [0.25, 0.3) is 0 Å². The third-order valence-electron chi connectivity index (χ3n) is 3.09. The van der Waals surface area contributed by atoms with Gasteiger partial charge in [0.05, 0.1) is 6.61 Å². The first kappa shape index (κ1) is 17.0. The first-order valence-corrected chi connectivity index (χ1v) is 7.31. The molecule has 1 aromatic rings. The van der Waals surface area contributed by atoms with Crippen LogP contribution in [0.1, 0.15) is 37.9 Å². The number of nitrogens with one attached hydrogen (secondary N) is 1. The highest BCUT2D eigenvalue weighted by Gasteiger charge is 2.13. The minimum atomic E-state index is -0.599. The van der Waals surface area contributed by atoms with Gasteiger partial charge in [-0.15, -0.1) is 0 Å². The third kappa shape index (κ3) is 5.49. The van der Waals surface area contributed by atoms with Crippen LogP contribution >= 0.6 is 0 Å². The maximum Gasteiger partial charge on any atom is 0.124 e. The van der Waals surface area contributed by atoms with Crippen LogP contribution in [0, 0.1) is 6.92 Å². The summed E-state index contributed by atoms with van der Waals surface area (Å²) in [5.74, 6) is 0.819. The Hall–Kier alpha value is -1.10. The predicted molar refractivity (Wildman–Crippen MR) is 81.3 cm³/mol. The standard InChI is InChI=1S/C16H27NO3/c1-5-17-13(4)15-9-12(3)7-8-16(15)20-11-14(18)10-19-6-2/h7-9,13-14,17-18H,5-6,10-11H2,1-4H3. The second kappa shape index (κ2) is 8.95. The molecule has 2 unspecified atom stereocenters. The van der Waals surface area contributed by atoms with Gasteiger partial charge < -0.3 is 19.9 Å². The van der Waals surface area contributed by atoms with Crippen LogP contribution in [-0.2, 0) is 4.74 Å². The Kier molecular flexibility index (Phi) is 7.59. The molecule has 0 fully saturated rings. The second-order valence-electron chi connectivity index (χ2n) is 4.94. The predicted octanol–water partition coefficient (Wildman–Crippen LogP) is 2.44. The molecule has 1 rings (SSSR count). The first-order valence-electron chi connectivity index (χ1n) is 7.31. The van der Waals surface area contributed by atoms with E-state index < -0.39 is 6.10 Å². The van der Waals surface area contributed by atoms with Gasteiger partial charge in [0.25, 0.3) is 0 Å². The lowest BCUT2D eigenvalue weighted by molar-refractivity contribution is 0.0162. The molecule has 0 aromatic heterocycles. The van der Waals surface area contributed by atoms with E-state index in [4.69, 9.17) is 9.47 Å². The zero-order valence-corrected chi connectivity index (χ0v) is 13.0. The van der Waals surface area contributed by atoms with Gasteiger partial charge in [-0.3, -0.25) is 0 Å². The van der Waals surface area contributed by atoms with Crippen molar-refractivity contribution in [2.75, 3.05) is 26.4 Å². The van der Waals surface area contributed by atoms with Gasteiger partial charge in [-0.2, -0.15) is 0 Å². The Labute approximate surface area is 122 Å². The zero-order valence-electron chi connectivity index (χ0n) is 13.0. The lowest BCUT2D eigenvalue weighted by atomic mass is 10.0. The number of hydrogen-bond acceptors (Lipinski definition) is 4. The van der Waals surface area contributed by atoms with Crippen LogP contribution in [-0.4, -0.2) is 37.6 Å². The number of ether oxygens (including phenoxy) is 2. The molecule has 4 heteroatoms. The maximum atomic E-state index is 9.76. The summed E-state index contributed by atoms with van der Waals surface area (Å²) in [6.45, 7) is 10.2. The molecule has 1 aromatic carbocycles. The van der Waals surface area contributed by atoms with Gasteiger partial charge in [-0.05, 0) is 33.4 Å². The van der Waals surface area contributed by atoms with Crippen molar-refractivity contribution >= 4 is 0 Å². The van der Waals surface area contributed by atoms with Gasteiger partial charge in [0, 0.05) is 18.2 Å². The Morgan fingerprint density at radius 2 is 2.00 bits per heavy atom. The van der Waals surface area contributed by atoms with Crippen molar-refractivity contribution < 1.29 is 14.6 Å². The van der Waals surface area contributed by atoms with Gasteiger partial charge in [0.1, 0.15) is 18.5 Å². The minimum Gasteiger partial charge on any atom is -0.490 e. The second-order valence-corrected chi connectivity index (χ2v) is 4.94. The van der Waals surface area contributed by atoms with E-state index in [1.54, 1.807) is 0 Å². The van der Waals surface area contributed by atoms with Crippen molar-refractivity contribution in [1.82, 2.24) is 5.32 Å². The molecule has 2 atom stereocenters. The number of aliphatic hydroxyl groups is 1. The molecule has 0 spiro atoms. The van der Waals surface area contributed by atoms with Gasteiger partial charge in [0.15, 0.2) is 0 Å². The highest BCUT2D eigenvalue weighted by atomic mass is 16.5. The van der Waals surface area contributed by atoms with E-state index in [9.17, 15) is 5.11 Å². The summed E-state index contributed by atoms with van der Waals surface area (Å²) in [7, 11) is 0. The van der Waals surface area contributed by atoms with Crippen molar-refractivity contribution in [3.05, 3.63) is 29.3 Å². The Balaban J connectivity index is 2.68. The summed E-state index contributed by atoms with van der Waals surface area (Å²) in [5, 5.41) is 13.1. The van der Waals surface area contributed by atoms with Crippen molar-refractivity contribution in [3.8, 4) is 5.75 Å². The SMILES string of the molecule is CCNC(C)c1cc(C)ccc1OCC(O)COCC. The molecule has 0 bridgehead atoms. The number of benzene rings is 1. The number of aryl methyl sites for hydroxylation is 1. The van der Waals surface area contributed by atoms with Crippen molar-refractivity contribution in [3.63, 3.8) is 0 Å². The van der Waals surface area contributed by atoms with Crippen LogP contribution in [0.4, 0.5) is 0 Å². The van der Waals surface area contributed by atoms with Gasteiger partial charge in [0.2, 0.25) is 0 Å². The fraction of sp³-hybridized carbons (Fsp3) is 0.625. The molecule has 0 saturated carbocycles. The van der Waals surface area contributed by atoms with Crippen molar-refractivity contribution in [2.24, 2.45) is 0 Å². The maximum absolute atomic E-state index is 9.76. The van der Waals surface area contributed by atoms with E-state index in [0.29, 0.717) is 13.2 Å². The summed E-state index contributed by atoms with van der Waals surface area (Å²) in [6, 6.07) is 6.33. The zero-order chi connectivity index (χ0) is 15.0. The van der Waals surface area contributed by atoms with Crippen LogP contribution in [0.2, 0.25) is 0 Å². The van der Waals surface area contributed by atoms with Crippen LogP contribution in [0.3, 0.4) is 0 Å². The molecule has 0 aliphatic heterocycles. The molecular weight excluding hydrogens is 254 g/mol. The molecule has 0 radical (unpaired) electrons.